The van der Waals surface area contributed by atoms with E-state index in [2.05, 4.69) is 0 Å². The predicted molar refractivity (Wildman–Crippen MR) is 140 cm³/mol. The highest BCUT2D eigenvalue weighted by Gasteiger charge is 2.37. The van der Waals surface area contributed by atoms with Crippen LogP contribution < -0.4 is 4.90 Å². The summed E-state index contributed by atoms with van der Waals surface area (Å²) in [5.41, 5.74) is 3.89. The van der Waals surface area contributed by atoms with Gasteiger partial charge in [-0.05, 0) is 53.9 Å². The summed E-state index contributed by atoms with van der Waals surface area (Å²) in [7, 11) is 0. The number of ketones is 1. The number of fused-ring (bicyclic) bond motifs is 1. The molecule has 0 aliphatic carbocycles. The number of aryl methyl sites for hydroxylation is 1. The van der Waals surface area contributed by atoms with Crippen LogP contribution in [0.25, 0.3) is 11.1 Å². The fourth-order valence-electron chi connectivity index (χ4n) is 4.10. The van der Waals surface area contributed by atoms with E-state index in [0.717, 1.165) is 21.6 Å². The second-order valence-electron chi connectivity index (χ2n) is 8.58. The van der Waals surface area contributed by atoms with Crippen molar-refractivity contribution in [3.8, 4) is 11.1 Å². The second-order valence-corrected chi connectivity index (χ2v) is 8.99. The van der Waals surface area contributed by atoms with Crippen LogP contribution in [0, 0.1) is 6.92 Å². The van der Waals surface area contributed by atoms with Gasteiger partial charge in [0.15, 0.2) is 12.4 Å². The van der Waals surface area contributed by atoms with Crippen molar-refractivity contribution in [1.29, 1.82) is 0 Å². The molecule has 5 rings (SSSR count). The molecule has 0 fully saturated rings. The summed E-state index contributed by atoms with van der Waals surface area (Å²) in [5.74, 6) is -2.20. The molecular formula is C30H20ClNO5. The van der Waals surface area contributed by atoms with Crippen molar-refractivity contribution in [1.82, 2.24) is 0 Å². The summed E-state index contributed by atoms with van der Waals surface area (Å²) < 4.78 is 5.21. The summed E-state index contributed by atoms with van der Waals surface area (Å²) in [5, 5.41) is 0.428. The van der Waals surface area contributed by atoms with E-state index in [1.165, 1.54) is 18.2 Å². The number of anilines is 1. The van der Waals surface area contributed by atoms with Crippen LogP contribution in [-0.2, 0) is 4.74 Å². The Hall–Kier alpha value is -4.55. The fourth-order valence-corrected chi connectivity index (χ4v) is 4.27. The molecule has 7 heteroatoms. The molecule has 0 radical (unpaired) electrons. The van der Waals surface area contributed by atoms with Gasteiger partial charge in [0.25, 0.3) is 11.8 Å². The minimum Gasteiger partial charge on any atom is -0.454 e. The van der Waals surface area contributed by atoms with Crippen molar-refractivity contribution >= 4 is 40.9 Å². The lowest BCUT2D eigenvalue weighted by Gasteiger charge is -2.14. The molecule has 0 saturated carbocycles. The molecule has 4 aromatic carbocycles. The summed E-state index contributed by atoms with van der Waals surface area (Å²) in [6.07, 6.45) is 0. The highest BCUT2D eigenvalue weighted by molar-refractivity contribution is 6.36. The molecule has 6 nitrogen and oxygen atoms in total. The van der Waals surface area contributed by atoms with Crippen LogP contribution in [0.3, 0.4) is 0 Å². The molecule has 0 bridgehead atoms. The van der Waals surface area contributed by atoms with Crippen molar-refractivity contribution in [2.45, 2.75) is 6.92 Å². The van der Waals surface area contributed by atoms with Crippen molar-refractivity contribution in [3.05, 3.63) is 124 Å². The van der Waals surface area contributed by atoms with Crippen molar-refractivity contribution < 1.29 is 23.9 Å². The first kappa shape index (κ1) is 24.2. The van der Waals surface area contributed by atoms with E-state index in [1.807, 2.05) is 49.4 Å². The van der Waals surface area contributed by atoms with E-state index in [0.29, 0.717) is 16.3 Å². The van der Waals surface area contributed by atoms with Gasteiger partial charge < -0.3 is 4.74 Å². The van der Waals surface area contributed by atoms with Gasteiger partial charge in [-0.3, -0.25) is 14.4 Å². The maximum atomic E-state index is 13.0. The third-order valence-electron chi connectivity index (χ3n) is 6.18. The molecule has 1 heterocycles. The van der Waals surface area contributed by atoms with E-state index < -0.39 is 24.4 Å². The zero-order valence-corrected chi connectivity index (χ0v) is 20.5. The zero-order chi connectivity index (χ0) is 26.1. The molecule has 182 valence electrons. The van der Waals surface area contributed by atoms with Gasteiger partial charge in [-0.25, -0.2) is 9.69 Å². The molecule has 0 aromatic heterocycles. The maximum Gasteiger partial charge on any atom is 0.338 e. The first-order valence-corrected chi connectivity index (χ1v) is 11.9. The van der Waals surface area contributed by atoms with Crippen LogP contribution in [0.1, 0.15) is 47.0 Å². The Morgan fingerprint density at radius 1 is 0.757 bits per heavy atom. The minimum absolute atomic E-state index is 0.0657. The first-order valence-electron chi connectivity index (χ1n) is 11.5. The number of nitrogens with zero attached hydrogens (tertiary/aromatic N) is 1. The standard InChI is InChI=1S/C30H20ClNO5/c1-18-7-13-23(16-26(18)31)32-28(34)24-14-12-22(15-25(24)29(32)35)30(36)37-17-27(33)21-10-8-20(9-11-21)19-5-3-2-4-6-19/h2-16H,17H2,1H3. The summed E-state index contributed by atoms with van der Waals surface area (Å²) >= 11 is 6.17. The summed E-state index contributed by atoms with van der Waals surface area (Å²) in [4.78, 5) is 52.1. The van der Waals surface area contributed by atoms with Gasteiger partial charge in [-0.1, -0.05) is 72.3 Å². The van der Waals surface area contributed by atoms with E-state index in [9.17, 15) is 19.2 Å². The number of carbonyl (C=O) groups excluding carboxylic acids is 4. The second kappa shape index (κ2) is 9.84. The number of amides is 2. The quantitative estimate of drug-likeness (QED) is 0.177. The summed E-state index contributed by atoms with van der Waals surface area (Å²) in [6.45, 7) is 1.36. The number of hydrogen-bond acceptors (Lipinski definition) is 5. The monoisotopic (exact) mass is 509 g/mol. The third kappa shape index (κ3) is 4.67. The number of imide groups is 1. The van der Waals surface area contributed by atoms with E-state index in [-0.39, 0.29) is 22.5 Å². The third-order valence-corrected chi connectivity index (χ3v) is 6.59. The number of benzene rings is 4. The average Bonchev–Trinajstić information content (AvgIpc) is 3.18. The number of ether oxygens (including phenoxy) is 1. The van der Waals surface area contributed by atoms with Gasteiger partial charge in [-0.2, -0.15) is 0 Å². The molecule has 0 unspecified atom stereocenters. The van der Waals surface area contributed by atoms with Crippen LogP contribution in [0.4, 0.5) is 5.69 Å². The van der Waals surface area contributed by atoms with Crippen LogP contribution >= 0.6 is 11.6 Å². The lowest BCUT2D eigenvalue weighted by atomic mass is 10.0. The molecule has 1 aliphatic heterocycles. The minimum atomic E-state index is -0.769. The Labute approximate surface area is 218 Å². The number of halogens is 1. The lowest BCUT2D eigenvalue weighted by Crippen LogP contribution is -2.29. The number of hydrogen-bond donors (Lipinski definition) is 0. The van der Waals surface area contributed by atoms with Gasteiger partial charge in [0.2, 0.25) is 0 Å². The number of rotatable bonds is 6. The van der Waals surface area contributed by atoms with Crippen LogP contribution in [-0.4, -0.2) is 30.2 Å². The van der Waals surface area contributed by atoms with Gasteiger partial charge in [0.1, 0.15) is 0 Å². The normalized spacial score (nSPS) is 12.4. The molecule has 1 aliphatic rings. The molecule has 2 amide bonds. The smallest absolute Gasteiger partial charge is 0.338 e. The molecule has 0 saturated heterocycles. The summed E-state index contributed by atoms with van der Waals surface area (Å²) in [6, 6.07) is 25.8. The number of carbonyl (C=O) groups is 4. The van der Waals surface area contributed by atoms with Crippen molar-refractivity contribution in [3.63, 3.8) is 0 Å². The molecule has 4 aromatic rings. The number of esters is 1. The molecule has 0 N–H and O–H groups in total. The zero-order valence-electron chi connectivity index (χ0n) is 19.7. The van der Waals surface area contributed by atoms with E-state index in [1.54, 1.807) is 30.3 Å². The molecule has 0 spiro atoms. The average molecular weight is 510 g/mol. The highest BCUT2D eigenvalue weighted by Crippen LogP contribution is 2.31. The van der Waals surface area contributed by atoms with Crippen molar-refractivity contribution in [2.24, 2.45) is 0 Å². The fraction of sp³-hybridized carbons (Fsp3) is 0.0667. The van der Waals surface area contributed by atoms with E-state index >= 15 is 0 Å². The molecule has 0 atom stereocenters. The van der Waals surface area contributed by atoms with Crippen LogP contribution in [0.2, 0.25) is 5.02 Å². The maximum absolute atomic E-state index is 13.0. The molecular weight excluding hydrogens is 490 g/mol. The van der Waals surface area contributed by atoms with E-state index in [4.69, 9.17) is 16.3 Å². The Morgan fingerprint density at radius 3 is 2.11 bits per heavy atom. The Kier molecular flexibility index (Phi) is 6.42. The first-order chi connectivity index (χ1) is 17.8. The Bertz CT molecular complexity index is 1560. The van der Waals surface area contributed by atoms with Gasteiger partial charge in [-0.15, -0.1) is 0 Å². The Morgan fingerprint density at radius 2 is 1.41 bits per heavy atom. The molecule has 37 heavy (non-hydrogen) atoms. The topological polar surface area (TPSA) is 80.8 Å². The Balaban J connectivity index is 1.27. The van der Waals surface area contributed by atoms with Crippen LogP contribution in [0.15, 0.2) is 91.0 Å². The predicted octanol–water partition coefficient (Wildman–Crippen LogP) is 6.16. The van der Waals surface area contributed by atoms with Gasteiger partial charge in [0, 0.05) is 10.6 Å². The largest absolute Gasteiger partial charge is 0.454 e. The van der Waals surface area contributed by atoms with Gasteiger partial charge >= 0.3 is 5.97 Å². The number of Topliss-reactive ketones (excluding diaryl/α,β-unsaturated/α-hetero) is 1. The van der Waals surface area contributed by atoms with Crippen LogP contribution in [0.5, 0.6) is 0 Å². The lowest BCUT2D eigenvalue weighted by molar-refractivity contribution is 0.0474. The van der Waals surface area contributed by atoms with Crippen molar-refractivity contribution in [2.75, 3.05) is 11.5 Å². The highest BCUT2D eigenvalue weighted by atomic mass is 35.5. The SMILES string of the molecule is Cc1ccc(N2C(=O)c3ccc(C(=O)OCC(=O)c4ccc(-c5ccccc5)cc4)cc3C2=O)cc1Cl. The van der Waals surface area contributed by atoms with Gasteiger partial charge in [0.05, 0.1) is 22.4 Å².